The summed E-state index contributed by atoms with van der Waals surface area (Å²) in [6.45, 7) is 0. The predicted octanol–water partition coefficient (Wildman–Crippen LogP) is 0.724. The second-order valence-electron chi connectivity index (χ2n) is 2.74. The third-order valence-electron chi connectivity index (χ3n) is 1.60. The summed E-state index contributed by atoms with van der Waals surface area (Å²) < 4.78 is 24.5. The Morgan fingerprint density at radius 3 is 2.53 bits per heavy atom. The van der Waals surface area contributed by atoms with E-state index >= 15 is 0 Å². The van der Waals surface area contributed by atoms with E-state index in [-0.39, 0.29) is 11.3 Å². The molecule has 1 aromatic rings. The van der Waals surface area contributed by atoms with Gasteiger partial charge < -0.3 is 5.73 Å². The first-order valence-corrected chi connectivity index (χ1v) is 6.10. The Morgan fingerprint density at radius 1 is 1.40 bits per heavy atom. The molecule has 1 rings (SSSR count). The highest BCUT2D eigenvalue weighted by atomic mass is 35.5. The van der Waals surface area contributed by atoms with Gasteiger partial charge in [0.15, 0.2) is 0 Å². The Kier molecular flexibility index (Phi) is 3.54. The zero-order chi connectivity index (χ0) is 11.5. The minimum Gasteiger partial charge on any atom is -0.366 e. The standard InChI is InChI=1S/C8H9ClN2O3S/c9-5-15(13,14)11-7-4-2-1-3-6(7)8(10)12/h1-4,11H,5H2,(H2,10,12). The first-order chi connectivity index (χ1) is 6.96. The third kappa shape index (κ3) is 3.10. The maximum Gasteiger partial charge on any atom is 0.250 e. The Hall–Kier alpha value is -1.27. The van der Waals surface area contributed by atoms with Gasteiger partial charge in [-0.2, -0.15) is 0 Å². The average molecular weight is 249 g/mol. The van der Waals surface area contributed by atoms with Crippen molar-refractivity contribution in [1.82, 2.24) is 0 Å². The Bertz CT molecular complexity index is 473. The monoisotopic (exact) mass is 248 g/mol. The zero-order valence-corrected chi connectivity index (χ0v) is 9.18. The number of anilines is 1. The van der Waals surface area contributed by atoms with Gasteiger partial charge in [0.2, 0.25) is 10.0 Å². The van der Waals surface area contributed by atoms with Gasteiger partial charge in [-0.25, -0.2) is 8.42 Å². The molecule has 0 aliphatic carbocycles. The van der Waals surface area contributed by atoms with Gasteiger partial charge in [-0.05, 0) is 12.1 Å². The van der Waals surface area contributed by atoms with Crippen molar-refractivity contribution in [2.45, 2.75) is 0 Å². The number of nitrogens with two attached hydrogens (primary N) is 1. The predicted molar refractivity (Wildman–Crippen MR) is 58.2 cm³/mol. The molecule has 0 heterocycles. The van der Waals surface area contributed by atoms with E-state index in [4.69, 9.17) is 17.3 Å². The third-order valence-corrected chi connectivity index (χ3v) is 3.28. The molecule has 0 atom stereocenters. The fourth-order valence-electron chi connectivity index (χ4n) is 0.982. The molecule has 7 heteroatoms. The number of amides is 1. The van der Waals surface area contributed by atoms with Crippen LogP contribution in [0.2, 0.25) is 0 Å². The summed E-state index contributed by atoms with van der Waals surface area (Å²) in [5.41, 5.74) is 5.30. The first-order valence-electron chi connectivity index (χ1n) is 3.91. The van der Waals surface area contributed by atoms with Crippen LogP contribution in [0.4, 0.5) is 5.69 Å². The normalized spacial score (nSPS) is 11.0. The second-order valence-corrected chi connectivity index (χ2v) is 5.04. The highest BCUT2D eigenvalue weighted by Crippen LogP contribution is 2.16. The van der Waals surface area contributed by atoms with Crippen molar-refractivity contribution in [2.24, 2.45) is 5.73 Å². The van der Waals surface area contributed by atoms with E-state index in [1.807, 2.05) is 0 Å². The average Bonchev–Trinajstić information content (AvgIpc) is 2.18. The molecular formula is C8H9ClN2O3S. The summed E-state index contributed by atoms with van der Waals surface area (Å²) in [7, 11) is -3.62. The number of nitrogens with one attached hydrogen (secondary N) is 1. The highest BCUT2D eigenvalue weighted by Gasteiger charge is 2.13. The molecule has 1 amide bonds. The van der Waals surface area contributed by atoms with Gasteiger partial charge in [-0.15, -0.1) is 11.6 Å². The fourth-order valence-corrected chi connectivity index (χ4v) is 1.71. The van der Waals surface area contributed by atoms with Crippen LogP contribution < -0.4 is 10.5 Å². The number of hydrogen-bond acceptors (Lipinski definition) is 3. The molecule has 5 nitrogen and oxygen atoms in total. The van der Waals surface area contributed by atoms with Crippen LogP contribution in [-0.2, 0) is 10.0 Å². The molecule has 0 bridgehead atoms. The van der Waals surface area contributed by atoms with Gasteiger partial charge >= 0.3 is 0 Å². The summed E-state index contributed by atoms with van der Waals surface area (Å²) in [4.78, 5) is 11.0. The number of alkyl halides is 1. The number of para-hydroxylation sites is 1. The van der Waals surface area contributed by atoms with Crippen molar-refractivity contribution in [3.05, 3.63) is 29.8 Å². The number of benzene rings is 1. The van der Waals surface area contributed by atoms with Crippen molar-refractivity contribution >= 4 is 33.2 Å². The van der Waals surface area contributed by atoms with E-state index in [0.29, 0.717) is 0 Å². The Balaban J connectivity index is 3.10. The van der Waals surface area contributed by atoms with Crippen LogP contribution in [0.5, 0.6) is 0 Å². The maximum absolute atomic E-state index is 11.1. The van der Waals surface area contributed by atoms with Crippen molar-refractivity contribution < 1.29 is 13.2 Å². The lowest BCUT2D eigenvalue weighted by atomic mass is 10.2. The van der Waals surface area contributed by atoms with Crippen LogP contribution in [0.25, 0.3) is 0 Å². The van der Waals surface area contributed by atoms with Crippen LogP contribution in [-0.4, -0.2) is 19.5 Å². The minimum atomic E-state index is -3.62. The number of carbonyl (C=O) groups excluding carboxylic acids is 1. The lowest BCUT2D eigenvalue weighted by molar-refractivity contribution is 0.100. The molecule has 15 heavy (non-hydrogen) atoms. The Morgan fingerprint density at radius 2 is 2.00 bits per heavy atom. The summed E-state index contributed by atoms with van der Waals surface area (Å²) in [6.07, 6.45) is 0. The molecule has 82 valence electrons. The van der Waals surface area contributed by atoms with E-state index < -0.39 is 21.1 Å². The van der Waals surface area contributed by atoms with Crippen LogP contribution >= 0.6 is 11.6 Å². The molecule has 0 aliphatic heterocycles. The van der Waals surface area contributed by atoms with E-state index in [1.165, 1.54) is 12.1 Å². The summed E-state index contributed by atoms with van der Waals surface area (Å²) >= 11 is 5.21. The fraction of sp³-hybridized carbons (Fsp3) is 0.125. The zero-order valence-electron chi connectivity index (χ0n) is 7.60. The number of hydrogen-bond donors (Lipinski definition) is 2. The lowest BCUT2D eigenvalue weighted by Crippen LogP contribution is -2.18. The van der Waals surface area contributed by atoms with Crippen LogP contribution in [0.3, 0.4) is 0 Å². The molecule has 0 aliphatic rings. The number of rotatable bonds is 4. The van der Waals surface area contributed by atoms with Crippen molar-refractivity contribution in [1.29, 1.82) is 0 Å². The van der Waals surface area contributed by atoms with Crippen molar-refractivity contribution in [3.63, 3.8) is 0 Å². The number of carbonyl (C=O) groups is 1. The summed E-state index contributed by atoms with van der Waals surface area (Å²) in [5, 5.41) is -0.583. The van der Waals surface area contributed by atoms with Crippen molar-refractivity contribution in [3.8, 4) is 0 Å². The van der Waals surface area contributed by atoms with Crippen molar-refractivity contribution in [2.75, 3.05) is 9.93 Å². The van der Waals surface area contributed by atoms with Crippen LogP contribution in [0.15, 0.2) is 24.3 Å². The number of primary amides is 1. The summed E-state index contributed by atoms with van der Waals surface area (Å²) in [6, 6.07) is 6.02. The van der Waals surface area contributed by atoms with Gasteiger partial charge in [0.25, 0.3) is 5.91 Å². The molecule has 0 saturated carbocycles. The number of halogens is 1. The van der Waals surface area contributed by atoms with E-state index in [1.54, 1.807) is 12.1 Å². The SMILES string of the molecule is NC(=O)c1ccccc1NS(=O)(=O)CCl. The molecule has 3 N–H and O–H groups in total. The van der Waals surface area contributed by atoms with Crippen LogP contribution in [0.1, 0.15) is 10.4 Å². The van der Waals surface area contributed by atoms with Gasteiger partial charge in [-0.3, -0.25) is 9.52 Å². The first kappa shape index (κ1) is 11.8. The molecular weight excluding hydrogens is 240 g/mol. The molecule has 0 aromatic heterocycles. The smallest absolute Gasteiger partial charge is 0.250 e. The largest absolute Gasteiger partial charge is 0.366 e. The van der Waals surface area contributed by atoms with Gasteiger partial charge in [0, 0.05) is 0 Å². The van der Waals surface area contributed by atoms with E-state index in [2.05, 4.69) is 4.72 Å². The molecule has 0 radical (unpaired) electrons. The van der Waals surface area contributed by atoms with Gasteiger partial charge in [0.05, 0.1) is 11.3 Å². The Labute approximate surface area is 92.3 Å². The van der Waals surface area contributed by atoms with Gasteiger partial charge in [0.1, 0.15) is 5.21 Å². The molecule has 0 spiro atoms. The van der Waals surface area contributed by atoms with Gasteiger partial charge in [-0.1, -0.05) is 12.1 Å². The summed E-state index contributed by atoms with van der Waals surface area (Å²) in [5.74, 6) is -0.706. The molecule has 0 saturated heterocycles. The van der Waals surface area contributed by atoms with E-state index in [9.17, 15) is 13.2 Å². The topological polar surface area (TPSA) is 89.3 Å². The maximum atomic E-state index is 11.1. The molecule has 1 aromatic carbocycles. The molecule has 0 unspecified atom stereocenters. The lowest BCUT2D eigenvalue weighted by Gasteiger charge is -2.08. The number of sulfonamides is 1. The van der Waals surface area contributed by atoms with Crippen LogP contribution in [0, 0.1) is 0 Å². The van der Waals surface area contributed by atoms with E-state index in [0.717, 1.165) is 0 Å². The minimum absolute atomic E-state index is 0.103. The highest BCUT2D eigenvalue weighted by molar-refractivity contribution is 7.93. The quantitative estimate of drug-likeness (QED) is 0.770. The second kappa shape index (κ2) is 4.50. The molecule has 0 fully saturated rings.